The maximum atomic E-state index is 13.3. The fraction of sp³-hybridized carbons (Fsp3) is 0.476. The van der Waals surface area contributed by atoms with Gasteiger partial charge in [-0.25, -0.2) is 0 Å². The molecule has 1 N–H and O–H groups in total. The molecular formula is C21H27F3N2Si. The third-order valence-electron chi connectivity index (χ3n) is 5.42. The molecule has 2 aromatic rings. The van der Waals surface area contributed by atoms with Gasteiger partial charge in [0.2, 0.25) is 0 Å². The largest absolute Gasteiger partial charge is 0.433 e. The monoisotopic (exact) mass is 392 g/mol. The average Bonchev–Trinajstić information content (AvgIpc) is 3.04. The van der Waals surface area contributed by atoms with Gasteiger partial charge in [0.15, 0.2) is 0 Å². The maximum Gasteiger partial charge on any atom is 0.433 e. The Labute approximate surface area is 160 Å². The minimum absolute atomic E-state index is 0.0401. The van der Waals surface area contributed by atoms with Crippen molar-refractivity contribution in [3.63, 3.8) is 0 Å². The van der Waals surface area contributed by atoms with Gasteiger partial charge < -0.3 is 0 Å². The van der Waals surface area contributed by atoms with Crippen molar-refractivity contribution < 1.29 is 13.2 Å². The predicted molar refractivity (Wildman–Crippen MR) is 107 cm³/mol. The molecule has 1 aromatic carbocycles. The number of nitrogens with one attached hydrogen (secondary N) is 1. The van der Waals surface area contributed by atoms with Crippen molar-refractivity contribution in [2.45, 2.75) is 64.3 Å². The van der Waals surface area contributed by atoms with Crippen molar-refractivity contribution in [1.82, 2.24) is 10.2 Å². The van der Waals surface area contributed by atoms with E-state index in [9.17, 15) is 13.2 Å². The zero-order valence-corrected chi connectivity index (χ0v) is 17.7. The minimum atomic E-state index is -4.49. The van der Waals surface area contributed by atoms with Crippen LogP contribution in [0.2, 0.25) is 16.6 Å². The first kappa shape index (κ1) is 21.3. The van der Waals surface area contributed by atoms with Crippen LogP contribution in [0, 0.1) is 11.5 Å². The Balaban J connectivity index is 2.63. The van der Waals surface area contributed by atoms with E-state index < -0.39 is 19.9 Å². The highest BCUT2D eigenvalue weighted by molar-refractivity contribution is 6.90. The Morgan fingerprint density at radius 3 is 2.00 bits per heavy atom. The Kier molecular flexibility index (Phi) is 6.26. The molecule has 0 aliphatic carbocycles. The van der Waals surface area contributed by atoms with Gasteiger partial charge in [-0.05, 0) is 22.7 Å². The van der Waals surface area contributed by atoms with Crippen LogP contribution in [0.1, 0.15) is 52.8 Å². The van der Waals surface area contributed by atoms with E-state index in [1.165, 1.54) is 6.20 Å². The molecule has 1 heterocycles. The first-order valence-electron chi connectivity index (χ1n) is 9.24. The third-order valence-corrected chi connectivity index (χ3v) is 11.7. The fourth-order valence-electron chi connectivity index (χ4n) is 4.14. The first-order valence-corrected chi connectivity index (χ1v) is 11.5. The molecule has 2 rings (SSSR count). The second-order valence-electron chi connectivity index (χ2n) is 7.85. The van der Waals surface area contributed by atoms with Gasteiger partial charge in [-0.3, -0.25) is 5.10 Å². The van der Waals surface area contributed by atoms with Crippen LogP contribution in [0.3, 0.4) is 0 Å². The van der Waals surface area contributed by atoms with Crippen LogP contribution >= 0.6 is 0 Å². The van der Waals surface area contributed by atoms with E-state index >= 15 is 0 Å². The normalized spacial score (nSPS) is 12.6. The van der Waals surface area contributed by atoms with Crippen LogP contribution in [0.15, 0.2) is 30.5 Å². The van der Waals surface area contributed by atoms with Crippen LogP contribution in [-0.4, -0.2) is 18.3 Å². The van der Waals surface area contributed by atoms with E-state index in [0.717, 1.165) is 0 Å². The van der Waals surface area contributed by atoms with Crippen LogP contribution in [0.5, 0.6) is 0 Å². The molecule has 0 saturated heterocycles. The number of nitrogens with zero attached hydrogens (tertiary/aromatic N) is 1. The summed E-state index contributed by atoms with van der Waals surface area (Å²) in [6, 6.07) is 7.00. The SMILES string of the molecule is CC(C)[Si](C#Cc1ccccc1-c1cn[nH]c1C(F)(F)F)(C(C)C)C(C)C. The summed E-state index contributed by atoms with van der Waals surface area (Å²) in [7, 11) is -1.98. The number of halogens is 3. The van der Waals surface area contributed by atoms with E-state index in [1.54, 1.807) is 18.2 Å². The summed E-state index contributed by atoms with van der Waals surface area (Å²) in [5, 5.41) is 5.70. The summed E-state index contributed by atoms with van der Waals surface area (Å²) in [6.45, 7) is 13.3. The van der Waals surface area contributed by atoms with Crippen LogP contribution in [0.4, 0.5) is 13.2 Å². The van der Waals surface area contributed by atoms with Gasteiger partial charge >= 0.3 is 6.18 Å². The fourth-order valence-corrected chi connectivity index (χ4v) is 9.36. The number of aromatic nitrogens is 2. The number of alkyl halides is 3. The van der Waals surface area contributed by atoms with Crippen molar-refractivity contribution >= 4 is 8.07 Å². The maximum absolute atomic E-state index is 13.3. The molecule has 0 saturated carbocycles. The second-order valence-corrected chi connectivity index (χ2v) is 13.4. The van der Waals surface area contributed by atoms with E-state index in [-0.39, 0.29) is 5.56 Å². The van der Waals surface area contributed by atoms with Gasteiger partial charge in [0.1, 0.15) is 13.8 Å². The molecule has 0 radical (unpaired) electrons. The summed E-state index contributed by atoms with van der Waals surface area (Å²) in [5.41, 5.74) is 5.23. The zero-order chi connectivity index (χ0) is 20.4. The van der Waals surface area contributed by atoms with E-state index in [0.29, 0.717) is 27.8 Å². The van der Waals surface area contributed by atoms with Gasteiger partial charge in [-0.2, -0.15) is 18.3 Å². The standard InChI is InChI=1S/C21H27F3N2Si/c1-14(2)27(15(3)4,16(5)6)12-11-17-9-7-8-10-18(17)19-13-25-26-20(19)21(22,23)24/h7-10,13-16H,1-6H3,(H,25,26). The third kappa shape index (κ3) is 4.13. The number of aromatic amines is 1. The van der Waals surface area contributed by atoms with Gasteiger partial charge in [-0.1, -0.05) is 65.7 Å². The molecule has 0 aliphatic heterocycles. The number of H-pyrrole nitrogens is 1. The molecular weight excluding hydrogens is 365 g/mol. The smallest absolute Gasteiger partial charge is 0.273 e. The molecule has 2 nitrogen and oxygen atoms in total. The topological polar surface area (TPSA) is 28.7 Å². The summed E-state index contributed by atoms with van der Waals surface area (Å²) in [5.74, 6) is 3.27. The number of benzene rings is 1. The summed E-state index contributed by atoms with van der Waals surface area (Å²) in [6.07, 6.45) is -3.26. The Morgan fingerprint density at radius 1 is 0.926 bits per heavy atom. The lowest BCUT2D eigenvalue weighted by atomic mass is 10.0. The van der Waals surface area contributed by atoms with Gasteiger partial charge in [0.25, 0.3) is 0 Å². The van der Waals surface area contributed by atoms with Crippen molar-refractivity contribution in [1.29, 1.82) is 0 Å². The highest BCUT2D eigenvalue weighted by Gasteiger charge is 2.42. The molecule has 1 aromatic heterocycles. The Bertz CT molecular complexity index is 817. The van der Waals surface area contributed by atoms with Crippen LogP contribution < -0.4 is 0 Å². The highest BCUT2D eigenvalue weighted by atomic mass is 28.3. The van der Waals surface area contributed by atoms with Crippen LogP contribution in [0.25, 0.3) is 11.1 Å². The Morgan fingerprint density at radius 2 is 1.48 bits per heavy atom. The lowest BCUT2D eigenvalue weighted by molar-refractivity contribution is -0.140. The molecule has 0 amide bonds. The number of rotatable bonds is 4. The predicted octanol–water partition coefficient (Wildman–Crippen LogP) is 6.67. The van der Waals surface area contributed by atoms with E-state index in [2.05, 4.69) is 63.2 Å². The molecule has 0 spiro atoms. The first-order chi connectivity index (χ1) is 12.5. The van der Waals surface area contributed by atoms with Gasteiger partial charge in [0, 0.05) is 16.7 Å². The molecule has 0 unspecified atom stereocenters. The number of hydrogen-bond acceptors (Lipinski definition) is 1. The van der Waals surface area contributed by atoms with Crippen molar-refractivity contribution in [3.05, 3.63) is 41.7 Å². The lowest BCUT2D eigenvalue weighted by Crippen LogP contribution is -2.43. The Hall–Kier alpha value is -2.00. The summed E-state index contributed by atoms with van der Waals surface area (Å²) in [4.78, 5) is 0. The van der Waals surface area contributed by atoms with Crippen molar-refractivity contribution in [3.8, 4) is 22.6 Å². The van der Waals surface area contributed by atoms with Crippen molar-refractivity contribution in [2.24, 2.45) is 0 Å². The molecule has 27 heavy (non-hydrogen) atoms. The van der Waals surface area contributed by atoms with Crippen molar-refractivity contribution in [2.75, 3.05) is 0 Å². The molecule has 0 fully saturated rings. The van der Waals surface area contributed by atoms with Gasteiger partial charge in [-0.15, -0.1) is 5.54 Å². The lowest BCUT2D eigenvalue weighted by Gasteiger charge is -2.38. The quantitative estimate of drug-likeness (QED) is 0.457. The zero-order valence-electron chi connectivity index (χ0n) is 16.7. The van der Waals surface area contributed by atoms with Crippen LogP contribution in [-0.2, 0) is 6.18 Å². The van der Waals surface area contributed by atoms with Gasteiger partial charge in [0.05, 0.1) is 6.20 Å². The highest BCUT2D eigenvalue weighted by Crippen LogP contribution is 2.41. The van der Waals surface area contributed by atoms with E-state index in [1.807, 2.05) is 6.07 Å². The molecule has 146 valence electrons. The summed E-state index contributed by atoms with van der Waals surface area (Å²) < 4.78 is 39.9. The summed E-state index contributed by atoms with van der Waals surface area (Å²) >= 11 is 0. The molecule has 0 atom stereocenters. The average molecular weight is 393 g/mol. The number of hydrogen-bond donors (Lipinski definition) is 1. The molecule has 6 heteroatoms. The van der Waals surface area contributed by atoms with E-state index in [4.69, 9.17) is 0 Å². The molecule has 0 aliphatic rings. The minimum Gasteiger partial charge on any atom is -0.273 e. The second kappa shape index (κ2) is 7.93. The molecule has 0 bridgehead atoms.